The molecule has 0 unspecified atom stereocenters. The Morgan fingerprint density at radius 1 is 0.893 bits per heavy atom. The van der Waals surface area contributed by atoms with E-state index in [4.69, 9.17) is 19.8 Å². The molecule has 0 saturated heterocycles. The lowest BCUT2D eigenvalue weighted by Gasteiger charge is -2.08. The summed E-state index contributed by atoms with van der Waals surface area (Å²) in [6, 6.07) is 14.4. The molecule has 2 rings (SSSR count). The summed E-state index contributed by atoms with van der Waals surface area (Å²) in [6.07, 6.45) is 1.04. The van der Waals surface area contributed by atoms with Crippen molar-refractivity contribution in [2.24, 2.45) is 0 Å². The molecule has 0 atom stereocenters. The molecule has 2 aromatic rings. The first-order chi connectivity index (χ1) is 13.3. The average Bonchev–Trinajstić information content (AvgIpc) is 2.68. The molecule has 7 nitrogen and oxygen atoms in total. The van der Waals surface area contributed by atoms with Gasteiger partial charge in [-0.05, 0) is 29.7 Å². The number of nitrogens with one attached hydrogen (secondary N) is 2. The first kappa shape index (κ1) is 22.8. The maximum atomic E-state index is 13.4. The third kappa shape index (κ3) is 8.41. The van der Waals surface area contributed by atoms with E-state index in [-0.39, 0.29) is 11.5 Å². The maximum absolute atomic E-state index is 13.4. The molecule has 1 amide bonds. The van der Waals surface area contributed by atoms with E-state index in [9.17, 15) is 9.18 Å². The third-order valence-electron chi connectivity index (χ3n) is 3.65. The third-order valence-corrected chi connectivity index (χ3v) is 3.65. The van der Waals surface area contributed by atoms with Crippen LogP contribution in [0.1, 0.15) is 28.4 Å². The highest BCUT2D eigenvalue weighted by atomic mass is 19.1. The fourth-order valence-electron chi connectivity index (χ4n) is 2.13. The zero-order chi connectivity index (χ0) is 20.9. The minimum Gasteiger partial charge on any atom is -0.473 e. The summed E-state index contributed by atoms with van der Waals surface area (Å²) < 4.78 is 13.4. The van der Waals surface area contributed by atoms with E-state index in [2.05, 4.69) is 41.8 Å². The van der Waals surface area contributed by atoms with Gasteiger partial charge >= 0.3 is 11.9 Å². The van der Waals surface area contributed by atoms with Crippen LogP contribution in [0.4, 0.5) is 4.39 Å². The number of carbonyl (C=O) groups is 3. The van der Waals surface area contributed by atoms with E-state index in [1.54, 1.807) is 12.1 Å². The second-order valence-corrected chi connectivity index (χ2v) is 5.69. The second-order valence-electron chi connectivity index (χ2n) is 5.69. The highest BCUT2D eigenvalue weighted by molar-refractivity contribution is 6.27. The van der Waals surface area contributed by atoms with E-state index < -0.39 is 17.8 Å². The molecule has 150 valence electrons. The molecule has 0 spiro atoms. The van der Waals surface area contributed by atoms with Gasteiger partial charge in [0.15, 0.2) is 0 Å². The van der Waals surface area contributed by atoms with Crippen molar-refractivity contribution in [3.63, 3.8) is 0 Å². The van der Waals surface area contributed by atoms with Gasteiger partial charge in [0.25, 0.3) is 5.91 Å². The first-order valence-corrected chi connectivity index (χ1v) is 8.62. The van der Waals surface area contributed by atoms with E-state index in [0.29, 0.717) is 13.1 Å². The van der Waals surface area contributed by atoms with Crippen molar-refractivity contribution in [1.29, 1.82) is 0 Å². The first-order valence-electron chi connectivity index (χ1n) is 8.62. The molecule has 4 N–H and O–H groups in total. The van der Waals surface area contributed by atoms with E-state index in [1.165, 1.54) is 23.3 Å². The molecule has 0 radical (unpaired) electrons. The van der Waals surface area contributed by atoms with Crippen LogP contribution in [0.15, 0.2) is 48.5 Å². The maximum Gasteiger partial charge on any atom is 0.414 e. The van der Waals surface area contributed by atoms with Gasteiger partial charge in [0, 0.05) is 19.6 Å². The average molecular weight is 390 g/mol. The Morgan fingerprint density at radius 3 is 2.00 bits per heavy atom. The predicted octanol–water partition coefficient (Wildman–Crippen LogP) is 2.06. The number of rotatable bonds is 7. The number of hydrogen-bond donors (Lipinski definition) is 4. The fourth-order valence-corrected chi connectivity index (χ4v) is 2.13. The smallest absolute Gasteiger partial charge is 0.414 e. The number of aliphatic carboxylic acids is 2. The van der Waals surface area contributed by atoms with Crippen molar-refractivity contribution in [3.05, 3.63) is 71.0 Å². The zero-order valence-electron chi connectivity index (χ0n) is 15.4. The molecule has 0 bridgehead atoms. The predicted molar refractivity (Wildman–Crippen MR) is 102 cm³/mol. The summed E-state index contributed by atoms with van der Waals surface area (Å²) in [4.78, 5) is 30.0. The molecule has 0 saturated carbocycles. The summed E-state index contributed by atoms with van der Waals surface area (Å²) in [5, 5.41) is 20.7. The Balaban J connectivity index is 0.000000568. The lowest BCUT2D eigenvalue weighted by atomic mass is 10.1. The van der Waals surface area contributed by atoms with Gasteiger partial charge in [0.2, 0.25) is 0 Å². The Kier molecular flexibility index (Phi) is 9.91. The van der Waals surface area contributed by atoms with Gasteiger partial charge in [-0.1, -0.05) is 43.3 Å². The van der Waals surface area contributed by atoms with Crippen molar-refractivity contribution in [1.82, 2.24) is 10.6 Å². The van der Waals surface area contributed by atoms with Gasteiger partial charge in [-0.2, -0.15) is 0 Å². The molecule has 0 heterocycles. The van der Waals surface area contributed by atoms with Gasteiger partial charge in [0.05, 0.1) is 5.56 Å². The fraction of sp³-hybridized carbons (Fsp3) is 0.250. The largest absolute Gasteiger partial charge is 0.473 e. The van der Waals surface area contributed by atoms with Crippen LogP contribution in [-0.4, -0.2) is 41.1 Å². The normalized spacial score (nSPS) is 9.79. The van der Waals surface area contributed by atoms with Crippen LogP contribution in [-0.2, 0) is 22.6 Å². The quantitative estimate of drug-likeness (QED) is 0.425. The van der Waals surface area contributed by atoms with E-state index in [0.717, 1.165) is 13.0 Å². The van der Waals surface area contributed by atoms with Gasteiger partial charge in [-0.3, -0.25) is 4.79 Å². The van der Waals surface area contributed by atoms with Crippen LogP contribution in [0.3, 0.4) is 0 Å². The molecule has 0 aromatic heterocycles. The Morgan fingerprint density at radius 2 is 1.46 bits per heavy atom. The van der Waals surface area contributed by atoms with Crippen molar-refractivity contribution in [2.45, 2.75) is 19.9 Å². The summed E-state index contributed by atoms with van der Waals surface area (Å²) in [7, 11) is 0. The number of amides is 1. The second kappa shape index (κ2) is 12.2. The molecule has 8 heteroatoms. The van der Waals surface area contributed by atoms with Crippen LogP contribution in [0.2, 0.25) is 0 Å². The van der Waals surface area contributed by atoms with Crippen LogP contribution in [0, 0.1) is 5.82 Å². The number of carbonyl (C=O) groups excluding carboxylic acids is 1. The Bertz CT molecular complexity index is 781. The SMILES string of the molecule is CCc1ccc(CNCCNC(=O)c2ccccc2F)cc1.O=C(O)C(=O)O. The zero-order valence-corrected chi connectivity index (χ0v) is 15.4. The molecular formula is C20H23FN2O5. The van der Waals surface area contributed by atoms with Crippen LogP contribution < -0.4 is 10.6 Å². The summed E-state index contributed by atoms with van der Waals surface area (Å²) in [5.41, 5.74) is 2.61. The number of carboxylic acids is 2. The van der Waals surface area contributed by atoms with E-state index >= 15 is 0 Å². The summed E-state index contributed by atoms with van der Waals surface area (Å²) >= 11 is 0. The van der Waals surface area contributed by atoms with Gasteiger partial charge in [-0.25, -0.2) is 14.0 Å². The molecular weight excluding hydrogens is 367 g/mol. The minimum absolute atomic E-state index is 0.0812. The highest BCUT2D eigenvalue weighted by Gasteiger charge is 2.09. The van der Waals surface area contributed by atoms with Gasteiger partial charge in [0.1, 0.15) is 5.82 Å². The Labute approximate surface area is 162 Å². The lowest BCUT2D eigenvalue weighted by Crippen LogP contribution is -2.32. The van der Waals surface area contributed by atoms with Crippen molar-refractivity contribution in [2.75, 3.05) is 13.1 Å². The van der Waals surface area contributed by atoms with Crippen molar-refractivity contribution < 1.29 is 29.0 Å². The standard InChI is InChI=1S/C18H21FN2O.C2H2O4/c1-2-14-7-9-15(10-8-14)13-20-11-12-21-18(22)16-5-3-4-6-17(16)19;3-1(4)2(5)6/h3-10,20H,2,11-13H2,1H3,(H,21,22);(H,3,4)(H,5,6). The number of hydrogen-bond acceptors (Lipinski definition) is 4. The highest BCUT2D eigenvalue weighted by Crippen LogP contribution is 2.06. The molecule has 0 fully saturated rings. The molecule has 0 aliphatic carbocycles. The van der Waals surface area contributed by atoms with E-state index in [1.807, 2.05) is 0 Å². The minimum atomic E-state index is -1.82. The summed E-state index contributed by atoms with van der Waals surface area (Å²) in [6.45, 7) is 3.97. The molecule has 0 aliphatic rings. The number of carboxylic acid groups (broad SMARTS) is 2. The summed E-state index contributed by atoms with van der Waals surface area (Å²) in [5.74, 6) is -4.53. The number of aryl methyl sites for hydroxylation is 1. The molecule has 28 heavy (non-hydrogen) atoms. The number of benzene rings is 2. The Hall–Kier alpha value is -3.26. The van der Waals surface area contributed by atoms with Crippen LogP contribution in [0.5, 0.6) is 0 Å². The topological polar surface area (TPSA) is 116 Å². The van der Waals surface area contributed by atoms with Gasteiger partial charge in [-0.15, -0.1) is 0 Å². The van der Waals surface area contributed by atoms with Crippen molar-refractivity contribution >= 4 is 17.8 Å². The monoisotopic (exact) mass is 390 g/mol. The molecule has 2 aromatic carbocycles. The lowest BCUT2D eigenvalue weighted by molar-refractivity contribution is -0.159. The number of halogens is 1. The van der Waals surface area contributed by atoms with Crippen LogP contribution in [0.25, 0.3) is 0 Å². The van der Waals surface area contributed by atoms with Crippen LogP contribution >= 0.6 is 0 Å². The van der Waals surface area contributed by atoms with Gasteiger partial charge < -0.3 is 20.8 Å². The molecule has 0 aliphatic heterocycles. The van der Waals surface area contributed by atoms with Crippen molar-refractivity contribution in [3.8, 4) is 0 Å².